The van der Waals surface area contributed by atoms with Crippen molar-refractivity contribution in [3.05, 3.63) is 0 Å². The summed E-state index contributed by atoms with van der Waals surface area (Å²) >= 11 is 4.89. The fourth-order valence-corrected chi connectivity index (χ4v) is 0.925. The van der Waals surface area contributed by atoms with Crippen LogP contribution in [0.25, 0.3) is 0 Å². The molecule has 2 amide bonds. The van der Waals surface area contributed by atoms with Gasteiger partial charge in [-0.2, -0.15) is 13.9 Å². The molecule has 7 nitrogen and oxygen atoms in total. The van der Waals surface area contributed by atoms with Crippen LogP contribution in [0.4, 0.5) is 4.79 Å². The highest BCUT2D eigenvalue weighted by Crippen LogP contribution is 2.08. The molecule has 1 heterocycles. The molecule has 9 heteroatoms. The van der Waals surface area contributed by atoms with Crippen LogP contribution in [-0.4, -0.2) is 19.0 Å². The van der Waals surface area contributed by atoms with Crippen molar-refractivity contribution < 1.29 is 21.8 Å². The van der Waals surface area contributed by atoms with Gasteiger partial charge >= 0.3 is 16.4 Å². The van der Waals surface area contributed by atoms with Gasteiger partial charge in [0, 0.05) is 11.8 Å². The molecular formula is CHClN2O5S. The van der Waals surface area contributed by atoms with E-state index in [0.29, 0.717) is 0 Å². The van der Waals surface area contributed by atoms with E-state index in [4.69, 9.17) is 11.8 Å². The van der Waals surface area contributed by atoms with Gasteiger partial charge in [0.15, 0.2) is 0 Å². The second-order valence-corrected chi connectivity index (χ2v) is 2.66. The molecule has 1 saturated heterocycles. The molecule has 1 aliphatic heterocycles. The van der Waals surface area contributed by atoms with E-state index in [1.165, 1.54) is 5.48 Å². The van der Waals surface area contributed by atoms with Gasteiger partial charge in [0.2, 0.25) is 0 Å². The standard InChI is InChI=1S/CHClN2O5S/c2-4-1(5)3-8-10(6,7)9-4/h(H,3,5). The molecule has 0 spiro atoms. The molecular weight excluding hydrogens is 188 g/mol. The summed E-state index contributed by atoms with van der Waals surface area (Å²) in [6.45, 7) is 0. The van der Waals surface area contributed by atoms with Crippen molar-refractivity contribution in [3.63, 3.8) is 0 Å². The van der Waals surface area contributed by atoms with Crippen LogP contribution in [0.15, 0.2) is 0 Å². The minimum absolute atomic E-state index is 0.0289. The zero-order valence-corrected chi connectivity index (χ0v) is 5.85. The van der Waals surface area contributed by atoms with Crippen LogP contribution in [0.2, 0.25) is 0 Å². The Morgan fingerprint density at radius 3 is 2.60 bits per heavy atom. The maximum Gasteiger partial charge on any atom is 0.443 e. The van der Waals surface area contributed by atoms with E-state index < -0.39 is 16.4 Å². The summed E-state index contributed by atoms with van der Waals surface area (Å²) in [6.07, 6.45) is 0. The van der Waals surface area contributed by atoms with Crippen molar-refractivity contribution in [3.8, 4) is 0 Å². The minimum atomic E-state index is -4.20. The number of urea groups is 1. The minimum Gasteiger partial charge on any atom is -0.242 e. The zero-order valence-electron chi connectivity index (χ0n) is 4.27. The lowest BCUT2D eigenvalue weighted by Crippen LogP contribution is -2.43. The highest BCUT2D eigenvalue weighted by molar-refractivity contribution is 7.81. The van der Waals surface area contributed by atoms with Crippen LogP contribution >= 0.6 is 11.8 Å². The van der Waals surface area contributed by atoms with Crippen LogP contribution < -0.4 is 5.48 Å². The van der Waals surface area contributed by atoms with Gasteiger partial charge in [-0.3, -0.25) is 0 Å². The lowest BCUT2D eigenvalue weighted by Gasteiger charge is -2.16. The molecule has 0 atom stereocenters. The third kappa shape index (κ3) is 1.48. The molecule has 0 aromatic carbocycles. The summed E-state index contributed by atoms with van der Waals surface area (Å²) in [4.78, 5) is 10.3. The maximum atomic E-state index is 10.3. The third-order valence-electron chi connectivity index (χ3n) is 0.547. The van der Waals surface area contributed by atoms with Crippen LogP contribution in [0.1, 0.15) is 0 Å². The average molecular weight is 189 g/mol. The number of hydrogen-bond donors (Lipinski definition) is 1. The Labute approximate surface area is 60.8 Å². The Morgan fingerprint density at radius 1 is 1.60 bits per heavy atom. The number of halogens is 1. The molecule has 0 aromatic rings. The van der Waals surface area contributed by atoms with Gasteiger partial charge in [0.25, 0.3) is 0 Å². The van der Waals surface area contributed by atoms with E-state index >= 15 is 0 Å². The molecule has 0 bridgehead atoms. The highest BCUT2D eigenvalue weighted by Gasteiger charge is 2.29. The molecule has 1 rings (SSSR count). The fourth-order valence-electron chi connectivity index (χ4n) is 0.252. The van der Waals surface area contributed by atoms with Crippen molar-refractivity contribution in [1.82, 2.24) is 10.1 Å². The Balaban J connectivity index is 2.76. The van der Waals surface area contributed by atoms with Crippen LogP contribution in [0.3, 0.4) is 0 Å². The first-order chi connectivity index (χ1) is 4.51. The van der Waals surface area contributed by atoms with Crippen molar-refractivity contribution >= 4 is 28.2 Å². The Morgan fingerprint density at radius 2 is 2.20 bits per heavy atom. The van der Waals surface area contributed by atoms with Crippen molar-refractivity contribution in [2.75, 3.05) is 0 Å². The van der Waals surface area contributed by atoms with Crippen molar-refractivity contribution in [2.45, 2.75) is 0 Å². The molecule has 1 fully saturated rings. The van der Waals surface area contributed by atoms with Gasteiger partial charge in [0.1, 0.15) is 0 Å². The van der Waals surface area contributed by atoms with E-state index in [0.717, 1.165) is 0 Å². The van der Waals surface area contributed by atoms with Crippen LogP contribution in [0, 0.1) is 0 Å². The second kappa shape index (κ2) is 2.23. The number of nitrogens with zero attached hydrogens (tertiary/aromatic N) is 1. The normalized spacial score (nSPS) is 24.1. The Hall–Kier alpha value is -0.570. The molecule has 10 heavy (non-hydrogen) atoms. The van der Waals surface area contributed by atoms with Gasteiger partial charge in [-0.1, -0.05) is 4.58 Å². The summed E-state index contributed by atoms with van der Waals surface area (Å²) < 4.78 is 27.8. The maximum absolute atomic E-state index is 10.3. The molecule has 0 unspecified atom stereocenters. The number of carbonyl (C=O) groups is 1. The Bertz CT molecular complexity index is 246. The number of carbonyl (C=O) groups excluding carboxylic acids is 1. The fraction of sp³-hybridized carbons (Fsp3) is 0. The quantitative estimate of drug-likeness (QED) is 0.507. The first-order valence-electron chi connectivity index (χ1n) is 1.90. The third-order valence-corrected chi connectivity index (χ3v) is 1.47. The predicted octanol–water partition coefficient (Wildman–Crippen LogP) is -0.727. The molecule has 1 N–H and O–H groups in total. The SMILES string of the molecule is O=C1NOS(=O)(=O)ON1Cl. The van der Waals surface area contributed by atoms with Crippen molar-refractivity contribution in [1.29, 1.82) is 0 Å². The lowest BCUT2D eigenvalue weighted by atomic mass is 11.1. The second-order valence-electron chi connectivity index (χ2n) is 1.22. The number of hydroxylamine groups is 2. The summed E-state index contributed by atoms with van der Waals surface area (Å²) in [6, 6.07) is -1.02. The van der Waals surface area contributed by atoms with E-state index in [9.17, 15) is 13.2 Å². The van der Waals surface area contributed by atoms with E-state index in [2.05, 4.69) is 8.57 Å². The average Bonchev–Trinajstić information content (AvgIpc) is 1.79. The molecule has 0 radical (unpaired) electrons. The van der Waals surface area contributed by atoms with Crippen LogP contribution in [0.5, 0.6) is 0 Å². The molecule has 1 aliphatic rings. The number of amides is 2. The van der Waals surface area contributed by atoms with E-state index in [-0.39, 0.29) is 4.58 Å². The van der Waals surface area contributed by atoms with E-state index in [1.807, 2.05) is 0 Å². The number of hydrogen-bond acceptors (Lipinski definition) is 5. The topological polar surface area (TPSA) is 84.9 Å². The summed E-state index contributed by atoms with van der Waals surface area (Å²) in [5, 5.41) is 0. The molecule has 0 saturated carbocycles. The summed E-state index contributed by atoms with van der Waals surface area (Å²) in [5.74, 6) is 0. The first kappa shape index (κ1) is 7.54. The first-order valence-corrected chi connectivity index (χ1v) is 3.57. The molecule has 58 valence electrons. The van der Waals surface area contributed by atoms with Gasteiger partial charge in [0.05, 0.1) is 0 Å². The van der Waals surface area contributed by atoms with Crippen LogP contribution in [-0.2, 0) is 19.0 Å². The smallest absolute Gasteiger partial charge is 0.242 e. The molecule has 0 aliphatic carbocycles. The zero-order chi connectivity index (χ0) is 7.78. The number of nitrogens with one attached hydrogen (secondary N) is 1. The lowest BCUT2D eigenvalue weighted by molar-refractivity contribution is -0.000197. The van der Waals surface area contributed by atoms with Gasteiger partial charge in [-0.25, -0.2) is 4.79 Å². The Kier molecular flexibility index (Phi) is 1.68. The van der Waals surface area contributed by atoms with E-state index in [1.54, 1.807) is 0 Å². The van der Waals surface area contributed by atoms with Gasteiger partial charge in [-0.15, -0.1) is 8.57 Å². The van der Waals surface area contributed by atoms with Gasteiger partial charge < -0.3 is 0 Å². The predicted molar refractivity (Wildman–Crippen MR) is 27.3 cm³/mol. The highest BCUT2D eigenvalue weighted by atomic mass is 35.5. The monoisotopic (exact) mass is 188 g/mol. The summed E-state index contributed by atoms with van der Waals surface area (Å²) in [5.41, 5.74) is 1.46. The van der Waals surface area contributed by atoms with Crippen molar-refractivity contribution in [2.24, 2.45) is 0 Å². The molecule has 0 aromatic heterocycles. The number of rotatable bonds is 0. The summed E-state index contributed by atoms with van der Waals surface area (Å²) in [7, 11) is -4.20. The van der Waals surface area contributed by atoms with Gasteiger partial charge in [-0.05, 0) is 0 Å². The largest absolute Gasteiger partial charge is 0.443 e.